The summed E-state index contributed by atoms with van der Waals surface area (Å²) in [5.41, 5.74) is 0.506. The molecule has 0 radical (unpaired) electrons. The summed E-state index contributed by atoms with van der Waals surface area (Å²) in [5, 5.41) is 9.86. The van der Waals surface area contributed by atoms with Crippen molar-refractivity contribution < 1.29 is 14.2 Å². The van der Waals surface area contributed by atoms with Crippen molar-refractivity contribution >= 4 is 11.6 Å². The maximum atomic E-state index is 13.7. The molecule has 0 saturated heterocycles. The summed E-state index contributed by atoms with van der Waals surface area (Å²) in [7, 11) is 0. The molecular weight excluding hydrogens is 255 g/mol. The minimum absolute atomic E-state index is 0.0988. The lowest BCUT2D eigenvalue weighted by Gasteiger charge is -2.09. The van der Waals surface area contributed by atoms with Crippen LogP contribution in [0.15, 0.2) is 42.5 Å². The summed E-state index contributed by atoms with van der Waals surface area (Å²) in [6, 6.07) is 11.1. The second-order valence-corrected chi connectivity index (χ2v) is 4.36. The first-order valence-electron chi connectivity index (χ1n) is 5.47. The average Bonchev–Trinajstić information content (AvgIpc) is 2.31. The van der Waals surface area contributed by atoms with E-state index in [4.69, 9.17) is 16.3 Å². The van der Waals surface area contributed by atoms with Crippen LogP contribution in [0.5, 0.6) is 11.5 Å². The van der Waals surface area contributed by atoms with Gasteiger partial charge in [0.25, 0.3) is 0 Å². The zero-order valence-electron chi connectivity index (χ0n) is 9.73. The molecule has 0 aliphatic heterocycles. The molecule has 0 aliphatic rings. The van der Waals surface area contributed by atoms with Crippen LogP contribution < -0.4 is 4.74 Å². The minimum Gasteiger partial charge on any atom is -0.454 e. The molecule has 0 saturated carbocycles. The summed E-state index contributed by atoms with van der Waals surface area (Å²) < 4.78 is 19.1. The van der Waals surface area contributed by atoms with E-state index in [0.717, 1.165) is 0 Å². The van der Waals surface area contributed by atoms with E-state index in [1.165, 1.54) is 12.1 Å². The van der Waals surface area contributed by atoms with Gasteiger partial charge in [0.05, 0.1) is 6.10 Å². The van der Waals surface area contributed by atoms with Gasteiger partial charge in [0, 0.05) is 5.02 Å². The van der Waals surface area contributed by atoms with Crippen LogP contribution in [-0.4, -0.2) is 5.11 Å². The Morgan fingerprint density at radius 1 is 1.22 bits per heavy atom. The Balaban J connectivity index is 2.24. The number of hydrogen-bond donors (Lipinski definition) is 1. The van der Waals surface area contributed by atoms with Crippen molar-refractivity contribution in [2.24, 2.45) is 0 Å². The van der Waals surface area contributed by atoms with E-state index in [0.29, 0.717) is 16.3 Å². The standard InChI is InChI=1S/C14H12ClFO2/c1-9(17)10-5-6-14(13(16)7-10)18-12-4-2-3-11(15)8-12/h2-9,17H,1H3/t9-/m1/s1. The molecule has 2 nitrogen and oxygen atoms in total. The molecule has 0 aliphatic carbocycles. The normalized spacial score (nSPS) is 12.2. The van der Waals surface area contributed by atoms with E-state index in [1.807, 2.05) is 0 Å². The molecule has 0 bridgehead atoms. The highest BCUT2D eigenvalue weighted by Gasteiger charge is 2.08. The van der Waals surface area contributed by atoms with E-state index in [9.17, 15) is 9.50 Å². The lowest BCUT2D eigenvalue weighted by molar-refractivity contribution is 0.198. The Labute approximate surface area is 110 Å². The number of rotatable bonds is 3. The first-order chi connectivity index (χ1) is 8.56. The third-order valence-corrected chi connectivity index (χ3v) is 2.70. The lowest BCUT2D eigenvalue weighted by Crippen LogP contribution is -1.94. The first kappa shape index (κ1) is 12.9. The van der Waals surface area contributed by atoms with Gasteiger partial charge in [0.15, 0.2) is 11.6 Å². The van der Waals surface area contributed by atoms with E-state index in [1.54, 1.807) is 37.3 Å². The molecule has 0 spiro atoms. The van der Waals surface area contributed by atoms with Gasteiger partial charge in [-0.05, 0) is 42.8 Å². The second-order valence-electron chi connectivity index (χ2n) is 3.93. The summed E-state index contributed by atoms with van der Waals surface area (Å²) in [6.45, 7) is 1.58. The largest absolute Gasteiger partial charge is 0.454 e. The van der Waals surface area contributed by atoms with Gasteiger partial charge in [-0.2, -0.15) is 0 Å². The summed E-state index contributed by atoms with van der Waals surface area (Å²) in [6.07, 6.45) is -0.709. The molecular formula is C14H12ClFO2. The van der Waals surface area contributed by atoms with Crippen LogP contribution in [0.1, 0.15) is 18.6 Å². The van der Waals surface area contributed by atoms with Gasteiger partial charge in [-0.3, -0.25) is 0 Å². The van der Waals surface area contributed by atoms with E-state index in [2.05, 4.69) is 0 Å². The Bertz CT molecular complexity index is 555. The van der Waals surface area contributed by atoms with Gasteiger partial charge in [0.2, 0.25) is 0 Å². The fourth-order valence-electron chi connectivity index (χ4n) is 1.52. The Morgan fingerprint density at radius 2 is 2.00 bits per heavy atom. The van der Waals surface area contributed by atoms with Crippen LogP contribution in [0.25, 0.3) is 0 Å². The minimum atomic E-state index is -0.709. The van der Waals surface area contributed by atoms with Crippen molar-refractivity contribution in [3.63, 3.8) is 0 Å². The molecule has 1 N–H and O–H groups in total. The molecule has 94 valence electrons. The first-order valence-corrected chi connectivity index (χ1v) is 5.85. The van der Waals surface area contributed by atoms with E-state index in [-0.39, 0.29) is 5.75 Å². The fraction of sp³-hybridized carbons (Fsp3) is 0.143. The Morgan fingerprint density at radius 3 is 2.61 bits per heavy atom. The highest BCUT2D eigenvalue weighted by molar-refractivity contribution is 6.30. The number of ether oxygens (including phenoxy) is 1. The summed E-state index contributed by atoms with van der Waals surface area (Å²) in [5.74, 6) is 0.0428. The van der Waals surface area contributed by atoms with Gasteiger partial charge >= 0.3 is 0 Å². The van der Waals surface area contributed by atoms with Crippen molar-refractivity contribution in [3.05, 3.63) is 58.9 Å². The van der Waals surface area contributed by atoms with Gasteiger partial charge in [-0.25, -0.2) is 4.39 Å². The van der Waals surface area contributed by atoms with Crippen molar-refractivity contribution in [3.8, 4) is 11.5 Å². The zero-order valence-corrected chi connectivity index (χ0v) is 10.5. The maximum absolute atomic E-state index is 13.7. The van der Waals surface area contributed by atoms with Gasteiger partial charge in [-0.1, -0.05) is 23.7 Å². The number of halogens is 2. The molecule has 0 fully saturated rings. The van der Waals surface area contributed by atoms with Crippen LogP contribution >= 0.6 is 11.6 Å². The molecule has 0 amide bonds. The van der Waals surface area contributed by atoms with Gasteiger partial charge in [0.1, 0.15) is 5.75 Å². The third-order valence-electron chi connectivity index (χ3n) is 2.46. The highest BCUT2D eigenvalue weighted by Crippen LogP contribution is 2.28. The van der Waals surface area contributed by atoms with Crippen molar-refractivity contribution in [1.29, 1.82) is 0 Å². The summed E-state index contributed by atoms with van der Waals surface area (Å²) in [4.78, 5) is 0. The molecule has 0 unspecified atom stereocenters. The third kappa shape index (κ3) is 3.00. The Kier molecular flexibility index (Phi) is 3.84. The number of hydrogen-bond acceptors (Lipinski definition) is 2. The van der Waals surface area contributed by atoms with Crippen LogP contribution in [-0.2, 0) is 0 Å². The number of benzene rings is 2. The van der Waals surface area contributed by atoms with Crippen LogP contribution in [0.2, 0.25) is 5.02 Å². The molecule has 0 aromatic heterocycles. The predicted octanol–water partition coefficient (Wildman–Crippen LogP) is 4.32. The zero-order chi connectivity index (χ0) is 13.1. The monoisotopic (exact) mass is 266 g/mol. The molecule has 2 aromatic rings. The Hall–Kier alpha value is -1.58. The van der Waals surface area contributed by atoms with Gasteiger partial charge in [-0.15, -0.1) is 0 Å². The molecule has 1 atom stereocenters. The maximum Gasteiger partial charge on any atom is 0.166 e. The van der Waals surface area contributed by atoms with E-state index < -0.39 is 11.9 Å². The number of aliphatic hydroxyl groups is 1. The molecule has 18 heavy (non-hydrogen) atoms. The fourth-order valence-corrected chi connectivity index (χ4v) is 1.70. The molecule has 2 rings (SSSR count). The highest BCUT2D eigenvalue weighted by atomic mass is 35.5. The van der Waals surface area contributed by atoms with Crippen molar-refractivity contribution in [2.75, 3.05) is 0 Å². The van der Waals surface area contributed by atoms with Gasteiger partial charge < -0.3 is 9.84 Å². The van der Waals surface area contributed by atoms with Crippen LogP contribution in [0.4, 0.5) is 4.39 Å². The van der Waals surface area contributed by atoms with Crippen molar-refractivity contribution in [2.45, 2.75) is 13.0 Å². The topological polar surface area (TPSA) is 29.5 Å². The number of aliphatic hydroxyl groups excluding tert-OH is 1. The lowest BCUT2D eigenvalue weighted by atomic mass is 10.1. The second kappa shape index (κ2) is 5.38. The molecule has 4 heteroatoms. The SMILES string of the molecule is C[C@@H](O)c1ccc(Oc2cccc(Cl)c2)c(F)c1. The van der Waals surface area contributed by atoms with Crippen molar-refractivity contribution in [1.82, 2.24) is 0 Å². The van der Waals surface area contributed by atoms with Crippen LogP contribution in [0.3, 0.4) is 0 Å². The quantitative estimate of drug-likeness (QED) is 0.896. The molecule has 2 aromatic carbocycles. The molecule has 0 heterocycles. The smallest absolute Gasteiger partial charge is 0.166 e. The average molecular weight is 267 g/mol. The van der Waals surface area contributed by atoms with Crippen LogP contribution in [0, 0.1) is 5.82 Å². The summed E-state index contributed by atoms with van der Waals surface area (Å²) >= 11 is 5.81. The van der Waals surface area contributed by atoms with E-state index >= 15 is 0 Å². The predicted molar refractivity (Wildman–Crippen MR) is 68.6 cm³/mol.